The lowest BCUT2D eigenvalue weighted by Crippen LogP contribution is -2.68. The molecule has 7 nitrogen and oxygen atoms in total. The zero-order valence-corrected chi connectivity index (χ0v) is 36.5. The Hall–Kier alpha value is -1.48. The molecular weight excluding hydrogens is 705 g/mol. The Morgan fingerprint density at radius 3 is 2.25 bits per heavy atom. The number of fused-ring (bicyclic) bond motifs is 7. The summed E-state index contributed by atoms with van der Waals surface area (Å²) in [5.41, 5.74) is 4.50. The number of carboxylic acids is 1. The summed E-state index contributed by atoms with van der Waals surface area (Å²) in [7, 11) is -2.96. The Labute approximate surface area is 334 Å². The quantitative estimate of drug-likeness (QED) is 0.180. The SMILES string of the molecule is C=C(C)[C@@H]1CC[C@]2(NCCN3CCC(S(C)(=O)=O)CC3)CC[C@]3(C)[C@H](CC[C@@H]4[C@@]5(C)CC=C(C6=CCC(CCCO)(C(=O)O)CC6)C(C)(C)[C@@H]5CC[C@]43C)[C@@H]12. The second-order valence-electron chi connectivity index (χ2n) is 21.5. The van der Waals surface area contributed by atoms with Crippen molar-refractivity contribution in [3.05, 3.63) is 35.5 Å². The lowest BCUT2D eigenvalue weighted by atomic mass is 9.33. The molecule has 10 atom stereocenters. The Bertz CT molecular complexity index is 1680. The number of rotatable bonds is 11. The molecule has 0 aromatic rings. The Morgan fingerprint density at radius 2 is 1.64 bits per heavy atom. The Balaban J connectivity index is 1.10. The smallest absolute Gasteiger partial charge is 0.309 e. The second-order valence-corrected chi connectivity index (χ2v) is 23.9. The molecule has 7 aliphatic rings. The van der Waals surface area contributed by atoms with E-state index in [1.165, 1.54) is 74.3 Å². The van der Waals surface area contributed by atoms with Crippen LogP contribution in [0.1, 0.15) is 144 Å². The molecule has 3 N–H and O–H groups in total. The van der Waals surface area contributed by atoms with Gasteiger partial charge in [-0.05, 0) is 185 Å². The third kappa shape index (κ3) is 6.69. The predicted octanol–water partition coefficient (Wildman–Crippen LogP) is 8.99. The van der Waals surface area contributed by atoms with E-state index in [1.807, 2.05) is 0 Å². The average molecular weight is 781 g/mol. The Kier molecular flexibility index (Phi) is 11.1. The van der Waals surface area contributed by atoms with E-state index < -0.39 is 21.2 Å². The molecule has 4 saturated carbocycles. The molecule has 1 saturated heterocycles. The topological polar surface area (TPSA) is 107 Å². The lowest BCUT2D eigenvalue weighted by Gasteiger charge is -2.72. The molecule has 0 spiro atoms. The minimum Gasteiger partial charge on any atom is -0.481 e. The average Bonchev–Trinajstić information content (AvgIpc) is 3.51. The van der Waals surface area contributed by atoms with Crippen molar-refractivity contribution < 1.29 is 23.4 Å². The van der Waals surface area contributed by atoms with Crippen molar-refractivity contribution >= 4 is 15.8 Å². The summed E-state index contributed by atoms with van der Waals surface area (Å²) < 4.78 is 24.3. The number of carboxylic acid groups (broad SMARTS) is 1. The molecule has 0 radical (unpaired) electrons. The number of likely N-dealkylation sites (tertiary alicyclic amines) is 1. The number of nitrogens with zero attached hydrogens (tertiary/aromatic N) is 1. The van der Waals surface area contributed by atoms with Gasteiger partial charge >= 0.3 is 5.97 Å². The van der Waals surface area contributed by atoms with Gasteiger partial charge in [0, 0.05) is 31.5 Å². The van der Waals surface area contributed by atoms with E-state index in [-0.39, 0.29) is 39.1 Å². The molecule has 1 aliphatic heterocycles. The molecule has 6 aliphatic carbocycles. The van der Waals surface area contributed by atoms with Gasteiger partial charge < -0.3 is 20.4 Å². The van der Waals surface area contributed by atoms with Crippen LogP contribution in [0.25, 0.3) is 0 Å². The number of hydrogen-bond acceptors (Lipinski definition) is 6. The van der Waals surface area contributed by atoms with Crippen LogP contribution >= 0.6 is 0 Å². The fourth-order valence-corrected chi connectivity index (χ4v) is 16.8. The van der Waals surface area contributed by atoms with Crippen molar-refractivity contribution in [3.8, 4) is 0 Å². The molecule has 0 bridgehead atoms. The van der Waals surface area contributed by atoms with Gasteiger partial charge in [-0.25, -0.2) is 8.42 Å². The van der Waals surface area contributed by atoms with Gasteiger partial charge in [0.15, 0.2) is 0 Å². The fourth-order valence-electron chi connectivity index (χ4n) is 15.7. The fraction of sp³-hybridized carbons (Fsp3) is 0.851. The van der Waals surface area contributed by atoms with E-state index in [0.717, 1.165) is 51.9 Å². The van der Waals surface area contributed by atoms with Gasteiger partial charge in [0.2, 0.25) is 0 Å². The third-order valence-corrected chi connectivity index (χ3v) is 20.6. The van der Waals surface area contributed by atoms with Crippen molar-refractivity contribution in [2.24, 2.45) is 56.7 Å². The molecule has 1 heterocycles. The monoisotopic (exact) mass is 781 g/mol. The first kappa shape index (κ1) is 41.7. The standard InChI is InChI=1S/C47H76N2O5S/c1-32(2)35-14-24-47(48-27-30-49-28-17-34(18-29-49)55(8,53)54)26-25-44(6)37(40(35)47)10-11-39-43(5)20-15-36(42(3,4)38(43)16-21-45(39,44)7)33-12-22-46(23-13-33,41(51)52)19-9-31-50/h12,15,34-35,37-40,48,50H,1,9-11,13-14,16-31H2,2-8H3,(H,51,52)/t35-,37+,38-,39+,40+,43-,44+,45+,46?,47-/m0/s1. The Morgan fingerprint density at radius 1 is 0.909 bits per heavy atom. The van der Waals surface area contributed by atoms with Crippen molar-refractivity contribution in [3.63, 3.8) is 0 Å². The summed E-state index contributed by atoms with van der Waals surface area (Å²) in [5, 5.41) is 23.8. The van der Waals surface area contributed by atoms with E-state index in [9.17, 15) is 23.4 Å². The maximum Gasteiger partial charge on any atom is 0.309 e. The van der Waals surface area contributed by atoms with Crippen LogP contribution in [0.2, 0.25) is 0 Å². The van der Waals surface area contributed by atoms with E-state index in [1.54, 1.807) is 0 Å². The zero-order chi connectivity index (χ0) is 39.8. The first-order chi connectivity index (χ1) is 25.8. The predicted molar refractivity (Wildman–Crippen MR) is 223 cm³/mol. The van der Waals surface area contributed by atoms with Crippen LogP contribution in [0.5, 0.6) is 0 Å². The van der Waals surface area contributed by atoms with Gasteiger partial charge in [-0.3, -0.25) is 4.79 Å². The lowest BCUT2D eigenvalue weighted by molar-refractivity contribution is -0.221. The van der Waals surface area contributed by atoms with Crippen LogP contribution in [0.15, 0.2) is 35.5 Å². The summed E-state index contributed by atoms with van der Waals surface area (Å²) in [6.45, 7) is 23.8. The number of hydrogen-bond donors (Lipinski definition) is 3. The zero-order valence-electron chi connectivity index (χ0n) is 35.6. The van der Waals surface area contributed by atoms with Crippen LogP contribution in [-0.2, 0) is 14.6 Å². The molecule has 1 unspecified atom stereocenters. The number of piperidine rings is 1. The number of aliphatic hydroxyl groups is 1. The highest BCUT2D eigenvalue weighted by atomic mass is 32.2. The minimum absolute atomic E-state index is 0.0362. The number of sulfone groups is 1. The largest absolute Gasteiger partial charge is 0.481 e. The summed E-state index contributed by atoms with van der Waals surface area (Å²) in [6, 6.07) is 0. The van der Waals surface area contributed by atoms with Gasteiger partial charge in [0.1, 0.15) is 9.84 Å². The van der Waals surface area contributed by atoms with Crippen LogP contribution in [0, 0.1) is 56.7 Å². The van der Waals surface area contributed by atoms with Crippen LogP contribution in [0.4, 0.5) is 0 Å². The van der Waals surface area contributed by atoms with Crippen LogP contribution in [-0.4, -0.2) is 79.3 Å². The third-order valence-electron chi connectivity index (χ3n) is 18.9. The van der Waals surface area contributed by atoms with E-state index in [4.69, 9.17) is 0 Å². The normalized spacial score (nSPS) is 43.3. The molecule has 7 rings (SSSR count). The van der Waals surface area contributed by atoms with E-state index in [0.29, 0.717) is 55.3 Å². The summed E-state index contributed by atoms with van der Waals surface area (Å²) in [6.07, 6.45) is 22.2. The maximum atomic E-state index is 12.4. The molecule has 0 aromatic heterocycles. The van der Waals surface area contributed by atoms with Gasteiger partial charge in [0.05, 0.1) is 10.7 Å². The molecular formula is C47H76N2O5S. The van der Waals surface area contributed by atoms with Crippen LogP contribution in [0.3, 0.4) is 0 Å². The number of aliphatic hydroxyl groups excluding tert-OH is 1. The van der Waals surface area contributed by atoms with Gasteiger partial charge in [-0.1, -0.05) is 58.9 Å². The highest BCUT2D eigenvalue weighted by molar-refractivity contribution is 7.91. The van der Waals surface area contributed by atoms with Gasteiger partial charge in [0.25, 0.3) is 0 Å². The number of allylic oxidation sites excluding steroid dienone is 5. The summed E-state index contributed by atoms with van der Waals surface area (Å²) in [4.78, 5) is 14.9. The van der Waals surface area contributed by atoms with E-state index >= 15 is 0 Å². The first-order valence-corrected chi connectivity index (χ1v) is 24.3. The highest BCUT2D eigenvalue weighted by Crippen LogP contribution is 2.76. The van der Waals surface area contributed by atoms with Gasteiger partial charge in [-0.15, -0.1) is 0 Å². The van der Waals surface area contributed by atoms with E-state index in [2.05, 4.69) is 70.5 Å². The number of nitrogens with one attached hydrogen (secondary N) is 1. The highest BCUT2D eigenvalue weighted by Gasteiger charge is 2.70. The molecule has 0 aromatic carbocycles. The summed E-state index contributed by atoms with van der Waals surface area (Å²) in [5.74, 6) is 2.44. The number of aliphatic carboxylic acids is 1. The minimum atomic E-state index is -2.96. The van der Waals surface area contributed by atoms with Crippen molar-refractivity contribution in [1.82, 2.24) is 10.2 Å². The van der Waals surface area contributed by atoms with Crippen molar-refractivity contribution in [1.29, 1.82) is 0 Å². The van der Waals surface area contributed by atoms with Crippen molar-refractivity contribution in [2.75, 3.05) is 39.0 Å². The van der Waals surface area contributed by atoms with Crippen LogP contribution < -0.4 is 5.32 Å². The van der Waals surface area contributed by atoms with Crippen molar-refractivity contribution in [2.45, 2.75) is 155 Å². The molecule has 0 amide bonds. The molecule has 5 fully saturated rings. The second kappa shape index (κ2) is 14.7. The molecule has 8 heteroatoms. The number of carbonyl (C=O) groups is 1. The molecule has 310 valence electrons. The molecule has 55 heavy (non-hydrogen) atoms. The first-order valence-electron chi connectivity index (χ1n) is 22.3. The van der Waals surface area contributed by atoms with Gasteiger partial charge in [-0.2, -0.15) is 0 Å². The maximum absolute atomic E-state index is 12.4. The summed E-state index contributed by atoms with van der Waals surface area (Å²) >= 11 is 0.